The number of hydrogen-bond donors (Lipinski definition) is 6. The summed E-state index contributed by atoms with van der Waals surface area (Å²) in [5, 5.41) is 52.8. The number of unbranched alkanes of at least 4 members (excludes halogenated alkanes) is 3. The minimum atomic E-state index is -0.608. The molecule has 0 spiro atoms. The van der Waals surface area contributed by atoms with E-state index < -0.39 is 18.3 Å². The van der Waals surface area contributed by atoms with Gasteiger partial charge in [0.25, 0.3) is 0 Å². The first-order chi connectivity index (χ1) is 16.7. The number of phenolic OH excluding ortho intramolecular Hbond substituents is 2. The Morgan fingerprint density at radius 3 is 2.60 bits per heavy atom. The third-order valence-corrected chi connectivity index (χ3v) is 6.80. The largest absolute Gasteiger partial charge is 0.504 e. The highest BCUT2D eigenvalue weighted by molar-refractivity contribution is 5.76. The van der Waals surface area contributed by atoms with Crippen molar-refractivity contribution in [3.05, 3.63) is 48.1 Å². The molecular weight excluding hydrogens is 446 g/mol. The Morgan fingerprint density at radius 1 is 1.11 bits per heavy atom. The van der Waals surface area contributed by atoms with Gasteiger partial charge in [-0.1, -0.05) is 56.6 Å². The summed E-state index contributed by atoms with van der Waals surface area (Å²) in [6.07, 6.45) is 12.6. The number of carbonyl (C=O) groups is 1. The van der Waals surface area contributed by atoms with Crippen molar-refractivity contribution in [1.29, 1.82) is 0 Å². The summed E-state index contributed by atoms with van der Waals surface area (Å²) in [6, 6.07) is 4.21. The molecule has 2 unspecified atom stereocenters. The lowest BCUT2D eigenvalue weighted by Crippen LogP contribution is -2.26. The first-order valence-electron chi connectivity index (χ1n) is 12.9. The van der Waals surface area contributed by atoms with Gasteiger partial charge in [0, 0.05) is 18.8 Å². The Labute approximate surface area is 209 Å². The SMILES string of the molecule is CCCCCC(O)C=C[C@@H]1[C@@H](CC=CCCCC(=O)NC(C)c2ccc(O)c(O)c2)[C@@H](O)C[C@H]1O. The molecular formula is C28H43NO6. The number of aliphatic hydroxyl groups excluding tert-OH is 3. The fourth-order valence-electron chi connectivity index (χ4n) is 4.62. The summed E-state index contributed by atoms with van der Waals surface area (Å²) >= 11 is 0. The maximum atomic E-state index is 12.2. The molecule has 1 saturated carbocycles. The van der Waals surface area contributed by atoms with E-state index >= 15 is 0 Å². The molecule has 1 aliphatic rings. The third-order valence-electron chi connectivity index (χ3n) is 6.80. The predicted molar refractivity (Wildman–Crippen MR) is 137 cm³/mol. The van der Waals surface area contributed by atoms with Gasteiger partial charge in [-0.15, -0.1) is 0 Å². The van der Waals surface area contributed by atoms with Crippen LogP contribution in [0.2, 0.25) is 0 Å². The lowest BCUT2D eigenvalue weighted by atomic mass is 9.89. The first-order valence-corrected chi connectivity index (χ1v) is 12.9. The van der Waals surface area contributed by atoms with Crippen LogP contribution >= 0.6 is 0 Å². The number of phenols is 2. The van der Waals surface area contributed by atoms with E-state index in [1.54, 1.807) is 12.1 Å². The van der Waals surface area contributed by atoms with E-state index in [0.717, 1.165) is 25.7 Å². The van der Waals surface area contributed by atoms with E-state index in [-0.39, 0.29) is 35.3 Å². The molecule has 7 heteroatoms. The number of benzene rings is 1. The lowest BCUT2D eigenvalue weighted by Gasteiger charge is -2.19. The molecule has 7 nitrogen and oxygen atoms in total. The molecule has 0 saturated heterocycles. The van der Waals surface area contributed by atoms with Gasteiger partial charge < -0.3 is 30.8 Å². The number of aliphatic hydroxyl groups is 3. The van der Waals surface area contributed by atoms with Crippen LogP contribution < -0.4 is 5.32 Å². The monoisotopic (exact) mass is 489 g/mol. The predicted octanol–water partition coefficient (Wildman–Crippen LogP) is 4.25. The van der Waals surface area contributed by atoms with Crippen molar-refractivity contribution in [3.63, 3.8) is 0 Å². The second-order valence-electron chi connectivity index (χ2n) is 9.70. The number of allylic oxidation sites excluding steroid dienone is 2. The van der Waals surface area contributed by atoms with Crippen LogP contribution in [-0.4, -0.2) is 49.8 Å². The van der Waals surface area contributed by atoms with Gasteiger partial charge in [0.2, 0.25) is 5.91 Å². The van der Waals surface area contributed by atoms with Gasteiger partial charge in [-0.05, 0) is 56.2 Å². The van der Waals surface area contributed by atoms with Crippen molar-refractivity contribution in [1.82, 2.24) is 5.32 Å². The average Bonchev–Trinajstić information content (AvgIpc) is 3.08. The normalized spacial score (nSPS) is 24.3. The van der Waals surface area contributed by atoms with E-state index in [1.165, 1.54) is 12.1 Å². The highest BCUT2D eigenvalue weighted by Crippen LogP contribution is 2.36. The summed E-state index contributed by atoms with van der Waals surface area (Å²) in [7, 11) is 0. The summed E-state index contributed by atoms with van der Waals surface area (Å²) in [6.45, 7) is 3.94. The van der Waals surface area contributed by atoms with Crippen molar-refractivity contribution < 1.29 is 30.3 Å². The molecule has 196 valence electrons. The number of carbonyl (C=O) groups excluding carboxylic acids is 1. The van der Waals surface area contributed by atoms with Gasteiger partial charge >= 0.3 is 0 Å². The molecule has 1 aromatic carbocycles. The summed E-state index contributed by atoms with van der Waals surface area (Å²) < 4.78 is 0. The molecule has 1 fully saturated rings. The molecule has 0 aliphatic heterocycles. The average molecular weight is 490 g/mol. The third kappa shape index (κ3) is 9.67. The van der Waals surface area contributed by atoms with Crippen LogP contribution in [0.15, 0.2) is 42.5 Å². The highest BCUT2D eigenvalue weighted by Gasteiger charge is 2.39. The maximum Gasteiger partial charge on any atom is 0.220 e. The van der Waals surface area contributed by atoms with E-state index in [2.05, 4.69) is 12.2 Å². The van der Waals surface area contributed by atoms with Crippen LogP contribution in [0.1, 0.15) is 83.2 Å². The number of nitrogens with one attached hydrogen (secondary N) is 1. The molecule has 1 aliphatic carbocycles. The zero-order valence-electron chi connectivity index (χ0n) is 21.0. The van der Waals surface area contributed by atoms with Gasteiger partial charge in [0.15, 0.2) is 11.5 Å². The van der Waals surface area contributed by atoms with Gasteiger partial charge in [0.1, 0.15) is 0 Å². The number of rotatable bonds is 14. The van der Waals surface area contributed by atoms with Crippen molar-refractivity contribution in [2.24, 2.45) is 11.8 Å². The highest BCUT2D eigenvalue weighted by atomic mass is 16.3. The van der Waals surface area contributed by atoms with Crippen LogP contribution in [0.3, 0.4) is 0 Å². The molecule has 6 atom stereocenters. The molecule has 0 heterocycles. The van der Waals surface area contributed by atoms with Crippen molar-refractivity contribution in [2.75, 3.05) is 0 Å². The Kier molecular flexibility index (Phi) is 12.3. The smallest absolute Gasteiger partial charge is 0.220 e. The minimum Gasteiger partial charge on any atom is -0.504 e. The molecule has 6 N–H and O–H groups in total. The Bertz CT molecular complexity index is 839. The fourth-order valence-corrected chi connectivity index (χ4v) is 4.62. The van der Waals surface area contributed by atoms with Crippen molar-refractivity contribution >= 4 is 5.91 Å². The quantitative estimate of drug-likeness (QED) is 0.132. The van der Waals surface area contributed by atoms with Gasteiger partial charge in [-0.25, -0.2) is 0 Å². The summed E-state index contributed by atoms with van der Waals surface area (Å²) in [5.41, 5.74) is 0.711. The second-order valence-corrected chi connectivity index (χ2v) is 9.70. The Hall–Kier alpha value is -2.35. The molecule has 1 amide bonds. The molecule has 0 radical (unpaired) electrons. The van der Waals surface area contributed by atoms with Crippen LogP contribution in [0.25, 0.3) is 0 Å². The second kappa shape index (κ2) is 14.9. The van der Waals surface area contributed by atoms with Crippen LogP contribution in [0.4, 0.5) is 0 Å². The summed E-state index contributed by atoms with van der Waals surface area (Å²) in [4.78, 5) is 12.2. The van der Waals surface area contributed by atoms with Gasteiger partial charge in [-0.2, -0.15) is 0 Å². The Balaban J connectivity index is 1.73. The van der Waals surface area contributed by atoms with Crippen LogP contribution in [-0.2, 0) is 4.79 Å². The van der Waals surface area contributed by atoms with E-state index in [9.17, 15) is 30.3 Å². The van der Waals surface area contributed by atoms with E-state index in [1.807, 2.05) is 25.2 Å². The minimum absolute atomic E-state index is 0.0875. The number of amides is 1. The standard InChI is InChI=1S/C28H43NO6/c1-3-4-7-10-21(30)14-15-23-22(25(32)18-26(23)33)11-8-5-6-9-12-28(35)29-19(2)20-13-16-24(31)27(34)17-20/h5,8,13-17,19,21-23,25-26,30-34H,3-4,6-7,9-12,18H2,1-2H3,(H,29,35)/t19?,21?,22-,23-,25+,26-/m1/s1. The molecule has 2 rings (SSSR count). The zero-order chi connectivity index (χ0) is 25.8. The van der Waals surface area contributed by atoms with Gasteiger partial charge in [-0.3, -0.25) is 4.79 Å². The van der Waals surface area contributed by atoms with Crippen molar-refractivity contribution in [2.45, 2.75) is 96.0 Å². The molecule has 0 aromatic heterocycles. The van der Waals surface area contributed by atoms with Crippen molar-refractivity contribution in [3.8, 4) is 11.5 Å². The lowest BCUT2D eigenvalue weighted by molar-refractivity contribution is -0.121. The van der Waals surface area contributed by atoms with Gasteiger partial charge in [0.05, 0.1) is 24.4 Å². The van der Waals surface area contributed by atoms with Crippen LogP contribution in [0, 0.1) is 11.8 Å². The molecule has 35 heavy (non-hydrogen) atoms. The van der Waals surface area contributed by atoms with Crippen LogP contribution in [0.5, 0.6) is 11.5 Å². The molecule has 1 aromatic rings. The summed E-state index contributed by atoms with van der Waals surface area (Å²) in [5.74, 6) is -0.764. The number of aromatic hydroxyl groups is 2. The fraction of sp³-hybridized carbons (Fsp3) is 0.607. The number of hydrogen-bond acceptors (Lipinski definition) is 6. The molecule has 0 bridgehead atoms. The van der Waals surface area contributed by atoms with E-state index in [0.29, 0.717) is 37.7 Å². The zero-order valence-corrected chi connectivity index (χ0v) is 21.0. The Morgan fingerprint density at radius 2 is 1.89 bits per heavy atom. The first kappa shape index (κ1) is 28.9. The topological polar surface area (TPSA) is 130 Å². The van der Waals surface area contributed by atoms with E-state index in [4.69, 9.17) is 0 Å². The maximum absolute atomic E-state index is 12.2.